The van der Waals surface area contributed by atoms with Gasteiger partial charge in [0.2, 0.25) is 0 Å². The number of hydrogen-bond donors (Lipinski definition) is 1. The summed E-state index contributed by atoms with van der Waals surface area (Å²) in [6.45, 7) is 4.28. The molecule has 2 nitrogen and oxygen atoms in total. The van der Waals surface area contributed by atoms with Crippen molar-refractivity contribution in [2.75, 3.05) is 18.0 Å². The second kappa shape index (κ2) is 6.97. The predicted octanol–water partition coefficient (Wildman–Crippen LogP) is 4.20. The van der Waals surface area contributed by atoms with Gasteiger partial charge in [-0.3, -0.25) is 0 Å². The van der Waals surface area contributed by atoms with Crippen LogP contribution in [0.15, 0.2) is 54.6 Å². The zero-order chi connectivity index (χ0) is 15.4. The molecule has 1 aliphatic rings. The molecule has 1 saturated heterocycles. The van der Waals surface area contributed by atoms with Crippen molar-refractivity contribution in [1.82, 2.24) is 0 Å². The molecule has 2 heteroatoms. The number of para-hydroxylation sites is 1. The van der Waals surface area contributed by atoms with E-state index in [2.05, 4.69) is 36.1 Å². The Morgan fingerprint density at radius 1 is 1.00 bits per heavy atom. The largest absolute Gasteiger partial charge is 0.388 e. The summed E-state index contributed by atoms with van der Waals surface area (Å²) in [6, 6.07) is 18.8. The van der Waals surface area contributed by atoms with E-state index in [9.17, 15) is 5.11 Å². The average molecular weight is 295 g/mol. The highest BCUT2D eigenvalue weighted by Crippen LogP contribution is 2.33. The number of anilines is 1. The minimum atomic E-state index is -0.329. The Morgan fingerprint density at radius 2 is 1.64 bits per heavy atom. The molecule has 0 aromatic heterocycles. The maximum Gasteiger partial charge on any atom is 0.0819 e. The number of aliphatic hydroxyl groups is 1. The minimum absolute atomic E-state index is 0.329. The van der Waals surface area contributed by atoms with Crippen LogP contribution in [-0.2, 0) is 6.42 Å². The van der Waals surface area contributed by atoms with Gasteiger partial charge in [0.1, 0.15) is 0 Å². The summed E-state index contributed by atoms with van der Waals surface area (Å²) in [5.41, 5.74) is 3.84. The topological polar surface area (TPSA) is 23.5 Å². The van der Waals surface area contributed by atoms with Gasteiger partial charge in [-0.25, -0.2) is 0 Å². The average Bonchev–Trinajstić information content (AvgIpc) is 2.62. The van der Waals surface area contributed by atoms with Gasteiger partial charge in [0.25, 0.3) is 0 Å². The third-order valence-electron chi connectivity index (χ3n) is 4.84. The number of aryl methyl sites for hydroxylation is 1. The van der Waals surface area contributed by atoms with E-state index in [4.69, 9.17) is 0 Å². The van der Waals surface area contributed by atoms with Crippen LogP contribution >= 0.6 is 0 Å². The van der Waals surface area contributed by atoms with E-state index in [-0.39, 0.29) is 6.10 Å². The molecular weight excluding hydrogens is 270 g/mol. The van der Waals surface area contributed by atoms with Gasteiger partial charge < -0.3 is 10.0 Å². The van der Waals surface area contributed by atoms with Crippen molar-refractivity contribution in [2.24, 2.45) is 5.92 Å². The summed E-state index contributed by atoms with van der Waals surface area (Å²) in [5.74, 6) is 0.368. The first-order valence-electron chi connectivity index (χ1n) is 8.35. The first kappa shape index (κ1) is 15.1. The molecule has 3 rings (SSSR count). The molecule has 1 heterocycles. The van der Waals surface area contributed by atoms with Crippen LogP contribution in [0.5, 0.6) is 0 Å². The van der Waals surface area contributed by atoms with E-state index in [0.717, 1.165) is 37.9 Å². The summed E-state index contributed by atoms with van der Waals surface area (Å²) < 4.78 is 0. The summed E-state index contributed by atoms with van der Waals surface area (Å²) in [7, 11) is 0. The van der Waals surface area contributed by atoms with E-state index < -0.39 is 0 Å². The van der Waals surface area contributed by atoms with Crippen LogP contribution in [0.4, 0.5) is 5.69 Å². The van der Waals surface area contributed by atoms with Crippen LogP contribution < -0.4 is 4.90 Å². The van der Waals surface area contributed by atoms with Crippen LogP contribution in [0.1, 0.15) is 37.0 Å². The summed E-state index contributed by atoms with van der Waals surface area (Å²) in [4.78, 5) is 2.48. The van der Waals surface area contributed by atoms with E-state index in [0.29, 0.717) is 5.92 Å². The van der Waals surface area contributed by atoms with Crippen molar-refractivity contribution >= 4 is 5.69 Å². The fourth-order valence-electron chi connectivity index (χ4n) is 3.50. The van der Waals surface area contributed by atoms with Crippen LogP contribution in [0.3, 0.4) is 0 Å². The van der Waals surface area contributed by atoms with Crippen molar-refractivity contribution < 1.29 is 5.11 Å². The quantitative estimate of drug-likeness (QED) is 0.914. The molecule has 1 aliphatic heterocycles. The normalized spacial score (nSPS) is 17.5. The molecule has 0 spiro atoms. The molecule has 116 valence electrons. The number of hydrogen-bond acceptors (Lipinski definition) is 2. The maximum atomic E-state index is 10.6. The Hall–Kier alpha value is -1.80. The standard InChI is InChI=1S/C20H25NO/c1-2-16-8-6-7-11-19(16)21-14-12-18(13-15-21)20(22)17-9-4-3-5-10-17/h3-11,18,20,22H,2,12-15H2,1H3. The molecular formula is C20H25NO. The first-order chi connectivity index (χ1) is 10.8. The zero-order valence-electron chi connectivity index (χ0n) is 13.3. The zero-order valence-corrected chi connectivity index (χ0v) is 13.3. The lowest BCUT2D eigenvalue weighted by atomic mass is 9.87. The molecule has 0 aliphatic carbocycles. The summed E-state index contributed by atoms with van der Waals surface area (Å²) in [5, 5.41) is 10.6. The lowest BCUT2D eigenvalue weighted by Gasteiger charge is -2.36. The Kier molecular flexibility index (Phi) is 4.79. The van der Waals surface area contributed by atoms with E-state index >= 15 is 0 Å². The molecule has 2 aromatic carbocycles. The second-order valence-corrected chi connectivity index (χ2v) is 6.16. The van der Waals surface area contributed by atoms with E-state index in [1.807, 2.05) is 30.3 Å². The molecule has 2 aromatic rings. The Bertz CT molecular complexity index is 588. The Morgan fingerprint density at radius 3 is 2.32 bits per heavy atom. The van der Waals surface area contributed by atoms with Crippen molar-refractivity contribution in [3.63, 3.8) is 0 Å². The summed E-state index contributed by atoms with van der Waals surface area (Å²) in [6.07, 6.45) is 2.84. The van der Waals surface area contributed by atoms with Gasteiger partial charge in [-0.15, -0.1) is 0 Å². The van der Waals surface area contributed by atoms with Crippen LogP contribution in [0.2, 0.25) is 0 Å². The lowest BCUT2D eigenvalue weighted by molar-refractivity contribution is 0.0929. The fraction of sp³-hybridized carbons (Fsp3) is 0.400. The molecule has 0 amide bonds. The van der Waals surface area contributed by atoms with Gasteiger partial charge in [-0.1, -0.05) is 55.5 Å². The number of aliphatic hydroxyl groups excluding tert-OH is 1. The number of benzene rings is 2. The van der Waals surface area contributed by atoms with Gasteiger partial charge in [0, 0.05) is 18.8 Å². The SMILES string of the molecule is CCc1ccccc1N1CCC(C(O)c2ccccc2)CC1. The van der Waals surface area contributed by atoms with Crippen LogP contribution in [0.25, 0.3) is 0 Å². The van der Waals surface area contributed by atoms with Crippen molar-refractivity contribution in [1.29, 1.82) is 0 Å². The fourth-order valence-corrected chi connectivity index (χ4v) is 3.50. The van der Waals surface area contributed by atoms with Crippen molar-refractivity contribution in [3.8, 4) is 0 Å². The molecule has 0 saturated carbocycles. The summed E-state index contributed by atoms with van der Waals surface area (Å²) >= 11 is 0. The highest BCUT2D eigenvalue weighted by molar-refractivity contribution is 5.54. The third kappa shape index (κ3) is 3.17. The van der Waals surface area contributed by atoms with Crippen molar-refractivity contribution in [3.05, 3.63) is 65.7 Å². The lowest BCUT2D eigenvalue weighted by Crippen LogP contribution is -2.36. The monoisotopic (exact) mass is 295 g/mol. The molecule has 22 heavy (non-hydrogen) atoms. The Labute approximate surface area is 133 Å². The molecule has 1 atom stereocenters. The molecule has 1 N–H and O–H groups in total. The van der Waals surface area contributed by atoms with Gasteiger partial charge in [-0.05, 0) is 42.4 Å². The second-order valence-electron chi connectivity index (χ2n) is 6.16. The minimum Gasteiger partial charge on any atom is -0.388 e. The molecule has 0 bridgehead atoms. The van der Waals surface area contributed by atoms with Gasteiger partial charge in [0.15, 0.2) is 0 Å². The molecule has 1 fully saturated rings. The Balaban J connectivity index is 1.65. The van der Waals surface area contributed by atoms with Crippen LogP contribution in [0, 0.1) is 5.92 Å². The maximum absolute atomic E-state index is 10.6. The smallest absolute Gasteiger partial charge is 0.0819 e. The predicted molar refractivity (Wildman–Crippen MR) is 92.2 cm³/mol. The highest BCUT2D eigenvalue weighted by atomic mass is 16.3. The first-order valence-corrected chi connectivity index (χ1v) is 8.35. The highest BCUT2D eigenvalue weighted by Gasteiger charge is 2.26. The molecule has 1 unspecified atom stereocenters. The third-order valence-corrected chi connectivity index (χ3v) is 4.84. The number of rotatable bonds is 4. The van der Waals surface area contributed by atoms with E-state index in [1.54, 1.807) is 0 Å². The van der Waals surface area contributed by atoms with Gasteiger partial charge in [-0.2, -0.15) is 0 Å². The number of piperidine rings is 1. The van der Waals surface area contributed by atoms with Crippen LogP contribution in [-0.4, -0.2) is 18.2 Å². The van der Waals surface area contributed by atoms with Gasteiger partial charge >= 0.3 is 0 Å². The number of nitrogens with zero attached hydrogens (tertiary/aromatic N) is 1. The van der Waals surface area contributed by atoms with Gasteiger partial charge in [0.05, 0.1) is 6.10 Å². The molecule has 0 radical (unpaired) electrons. The van der Waals surface area contributed by atoms with E-state index in [1.165, 1.54) is 11.3 Å². The van der Waals surface area contributed by atoms with Crippen molar-refractivity contribution in [2.45, 2.75) is 32.3 Å².